The molecule has 21 heavy (non-hydrogen) atoms. The van der Waals surface area contributed by atoms with Gasteiger partial charge in [-0.15, -0.1) is 0 Å². The van der Waals surface area contributed by atoms with Crippen molar-refractivity contribution in [1.82, 2.24) is 14.9 Å². The van der Waals surface area contributed by atoms with Crippen LogP contribution in [0.15, 0.2) is 35.2 Å². The average Bonchev–Trinajstić information content (AvgIpc) is 2.91. The fourth-order valence-electron chi connectivity index (χ4n) is 1.68. The number of carbonyl (C=O) groups is 2. The molecule has 0 bridgehead atoms. The van der Waals surface area contributed by atoms with E-state index < -0.39 is 5.97 Å². The highest BCUT2D eigenvalue weighted by Crippen LogP contribution is 2.20. The van der Waals surface area contributed by atoms with Gasteiger partial charge in [0.2, 0.25) is 0 Å². The van der Waals surface area contributed by atoms with Crippen molar-refractivity contribution in [2.24, 2.45) is 0 Å². The van der Waals surface area contributed by atoms with Gasteiger partial charge in [-0.3, -0.25) is 4.79 Å². The summed E-state index contributed by atoms with van der Waals surface area (Å²) in [5, 5.41) is 11.5. The van der Waals surface area contributed by atoms with Gasteiger partial charge < -0.3 is 20.7 Å². The summed E-state index contributed by atoms with van der Waals surface area (Å²) in [6.07, 6.45) is 2.82. The van der Waals surface area contributed by atoms with E-state index in [4.69, 9.17) is 10.8 Å². The number of hydrogen-bond donors (Lipinski definition) is 3. The molecule has 7 nitrogen and oxygen atoms in total. The molecule has 1 aromatic carbocycles. The van der Waals surface area contributed by atoms with Crippen LogP contribution in [0.25, 0.3) is 0 Å². The van der Waals surface area contributed by atoms with Gasteiger partial charge in [-0.1, -0.05) is 0 Å². The van der Waals surface area contributed by atoms with Crippen molar-refractivity contribution in [3.05, 3.63) is 46.5 Å². The average molecular weight is 353 g/mol. The van der Waals surface area contributed by atoms with Crippen LogP contribution >= 0.6 is 15.9 Å². The number of carbonyl (C=O) groups excluding carboxylic acids is 1. The lowest BCUT2D eigenvalue weighted by molar-refractivity contribution is 0.0690. The van der Waals surface area contributed by atoms with Crippen LogP contribution in [0.5, 0.6) is 0 Å². The van der Waals surface area contributed by atoms with Gasteiger partial charge in [-0.05, 0) is 34.1 Å². The molecule has 2 rings (SSSR count). The molecule has 0 aliphatic heterocycles. The number of nitrogens with two attached hydrogens (primary N) is 1. The first-order valence-corrected chi connectivity index (χ1v) is 6.85. The van der Waals surface area contributed by atoms with E-state index in [1.54, 1.807) is 22.8 Å². The van der Waals surface area contributed by atoms with Crippen molar-refractivity contribution in [1.29, 1.82) is 0 Å². The molecule has 0 radical (unpaired) electrons. The Bertz CT molecular complexity index is 684. The first kappa shape index (κ1) is 15.0. The minimum atomic E-state index is -1.08. The fourth-order valence-corrected chi connectivity index (χ4v) is 1.93. The number of rotatable bonds is 5. The van der Waals surface area contributed by atoms with Gasteiger partial charge in [0.25, 0.3) is 5.91 Å². The highest BCUT2D eigenvalue weighted by atomic mass is 79.9. The lowest BCUT2D eigenvalue weighted by Gasteiger charge is -2.07. The number of nitrogen functional groups attached to an aromatic ring is 1. The summed E-state index contributed by atoms with van der Waals surface area (Å²) in [5.41, 5.74) is 6.64. The van der Waals surface area contributed by atoms with Crippen LogP contribution in [0.2, 0.25) is 0 Å². The Morgan fingerprint density at radius 1 is 1.43 bits per heavy atom. The van der Waals surface area contributed by atoms with Crippen LogP contribution in [-0.4, -0.2) is 33.1 Å². The zero-order valence-electron chi connectivity index (χ0n) is 10.9. The first-order chi connectivity index (χ1) is 9.97. The molecule has 0 fully saturated rings. The van der Waals surface area contributed by atoms with Gasteiger partial charge in [0, 0.05) is 35.0 Å². The summed E-state index contributed by atoms with van der Waals surface area (Å²) in [4.78, 5) is 26.3. The summed E-state index contributed by atoms with van der Waals surface area (Å²) >= 11 is 3.26. The van der Waals surface area contributed by atoms with Gasteiger partial charge in [-0.2, -0.15) is 0 Å². The van der Waals surface area contributed by atoms with E-state index in [0.29, 0.717) is 24.3 Å². The van der Waals surface area contributed by atoms with Gasteiger partial charge in [0.05, 0.1) is 6.33 Å². The molecular weight excluding hydrogens is 340 g/mol. The van der Waals surface area contributed by atoms with Gasteiger partial charge >= 0.3 is 5.97 Å². The monoisotopic (exact) mass is 352 g/mol. The number of aromatic nitrogens is 2. The number of nitrogens with one attached hydrogen (secondary N) is 1. The molecule has 8 heteroatoms. The smallest absolute Gasteiger partial charge is 0.356 e. The highest BCUT2D eigenvalue weighted by Gasteiger charge is 2.08. The zero-order valence-corrected chi connectivity index (χ0v) is 12.5. The number of hydrogen-bond acceptors (Lipinski definition) is 4. The normalized spacial score (nSPS) is 10.3. The molecule has 0 spiro atoms. The molecule has 4 N–H and O–H groups in total. The van der Waals surface area contributed by atoms with Gasteiger partial charge in [0.15, 0.2) is 5.69 Å². The number of amides is 1. The second-order valence-corrected chi connectivity index (χ2v) is 5.15. The topological polar surface area (TPSA) is 110 Å². The predicted molar refractivity (Wildman–Crippen MR) is 80.1 cm³/mol. The molecule has 0 unspecified atom stereocenters. The van der Waals surface area contributed by atoms with Crippen LogP contribution in [-0.2, 0) is 6.54 Å². The third-order valence-corrected chi connectivity index (χ3v) is 3.49. The minimum Gasteiger partial charge on any atom is -0.476 e. The molecule has 0 aliphatic carbocycles. The molecule has 1 amide bonds. The Morgan fingerprint density at radius 2 is 2.19 bits per heavy atom. The van der Waals surface area contributed by atoms with E-state index >= 15 is 0 Å². The minimum absolute atomic E-state index is 0.0259. The van der Waals surface area contributed by atoms with Crippen molar-refractivity contribution in [2.75, 3.05) is 12.3 Å². The van der Waals surface area contributed by atoms with Crippen LogP contribution in [0.1, 0.15) is 20.8 Å². The molecule has 0 atom stereocenters. The van der Waals surface area contributed by atoms with Crippen molar-refractivity contribution in [2.45, 2.75) is 6.54 Å². The van der Waals surface area contributed by atoms with Crippen LogP contribution in [0.4, 0.5) is 5.69 Å². The molecule has 1 heterocycles. The number of carboxylic acids is 1. The maximum atomic E-state index is 11.9. The van der Waals surface area contributed by atoms with Gasteiger partial charge in [-0.25, -0.2) is 9.78 Å². The fraction of sp³-hybridized carbons (Fsp3) is 0.154. The van der Waals surface area contributed by atoms with E-state index in [9.17, 15) is 9.59 Å². The second kappa shape index (κ2) is 6.40. The van der Waals surface area contributed by atoms with Crippen molar-refractivity contribution in [3.63, 3.8) is 0 Å². The zero-order chi connectivity index (χ0) is 15.4. The Hall–Kier alpha value is -2.35. The lowest BCUT2D eigenvalue weighted by atomic mass is 10.2. The largest absolute Gasteiger partial charge is 0.476 e. The van der Waals surface area contributed by atoms with E-state index in [2.05, 4.69) is 26.2 Å². The van der Waals surface area contributed by atoms with Crippen LogP contribution < -0.4 is 11.1 Å². The maximum Gasteiger partial charge on any atom is 0.356 e. The molecule has 2 aromatic rings. The molecule has 110 valence electrons. The number of halogens is 1. The third kappa shape index (κ3) is 3.82. The molecule has 0 saturated carbocycles. The Labute approximate surface area is 128 Å². The quantitative estimate of drug-likeness (QED) is 0.703. The summed E-state index contributed by atoms with van der Waals surface area (Å²) in [7, 11) is 0. The Morgan fingerprint density at radius 3 is 2.81 bits per heavy atom. The maximum absolute atomic E-state index is 11.9. The number of carboxylic acid groups (broad SMARTS) is 1. The SMILES string of the molecule is Nc1cc(C(=O)NCCn2cnc(C(=O)O)c2)ccc1Br. The number of anilines is 1. The van der Waals surface area contributed by atoms with Crippen molar-refractivity contribution >= 4 is 33.5 Å². The number of imidazole rings is 1. The van der Waals surface area contributed by atoms with E-state index in [-0.39, 0.29) is 11.6 Å². The molecule has 0 aliphatic rings. The van der Waals surface area contributed by atoms with Gasteiger partial charge in [0.1, 0.15) is 0 Å². The van der Waals surface area contributed by atoms with Crippen LogP contribution in [0, 0.1) is 0 Å². The Kier molecular flexibility index (Phi) is 4.59. The molecule has 0 saturated heterocycles. The Balaban J connectivity index is 1.88. The molecule has 1 aromatic heterocycles. The number of aromatic carboxylic acids is 1. The third-order valence-electron chi connectivity index (χ3n) is 2.77. The predicted octanol–water partition coefficient (Wildman–Crippen LogP) is 1.36. The van der Waals surface area contributed by atoms with E-state index in [1.807, 2.05) is 0 Å². The summed E-state index contributed by atoms with van der Waals surface area (Å²) in [6, 6.07) is 4.95. The molecular formula is C13H13BrN4O3. The van der Waals surface area contributed by atoms with Crippen LogP contribution in [0.3, 0.4) is 0 Å². The summed E-state index contributed by atoms with van der Waals surface area (Å²) < 4.78 is 2.33. The van der Waals surface area contributed by atoms with E-state index in [1.165, 1.54) is 12.5 Å². The number of benzene rings is 1. The second-order valence-electron chi connectivity index (χ2n) is 4.29. The van der Waals surface area contributed by atoms with E-state index in [0.717, 1.165) is 4.47 Å². The summed E-state index contributed by atoms with van der Waals surface area (Å²) in [5.74, 6) is -1.32. The number of nitrogens with zero attached hydrogens (tertiary/aromatic N) is 2. The lowest BCUT2D eigenvalue weighted by Crippen LogP contribution is -2.27. The highest BCUT2D eigenvalue weighted by molar-refractivity contribution is 9.10. The standard InChI is InChI=1S/C13H13BrN4O3/c14-9-2-1-8(5-10(9)15)12(19)16-3-4-18-6-11(13(20)21)17-7-18/h1-2,5-7H,3-4,15H2,(H,16,19)(H,20,21). The van der Waals surface area contributed by atoms with Crippen molar-refractivity contribution in [3.8, 4) is 0 Å². The summed E-state index contributed by atoms with van der Waals surface area (Å²) in [6.45, 7) is 0.780. The first-order valence-electron chi connectivity index (χ1n) is 6.05. The van der Waals surface area contributed by atoms with Crippen molar-refractivity contribution < 1.29 is 14.7 Å².